The van der Waals surface area contributed by atoms with Crippen LogP contribution >= 0.6 is 7.82 Å². The SMILES string of the molecule is CC/C=C/C=C/C=C/C=C/C=C/CCCC(=O)OC(COC(=O)CCCCCCCCCCCC)COP(=O)(O)O. The third-order valence-corrected chi connectivity index (χ3v) is 6.41. The van der Waals surface area contributed by atoms with Crippen molar-refractivity contribution in [3.8, 4) is 0 Å². The van der Waals surface area contributed by atoms with Crippen LogP contribution in [0.3, 0.4) is 0 Å². The summed E-state index contributed by atoms with van der Waals surface area (Å²) in [7, 11) is -4.76. The molecule has 0 amide bonds. The maximum absolute atomic E-state index is 12.2. The first kappa shape index (κ1) is 38.8. The summed E-state index contributed by atoms with van der Waals surface area (Å²) in [4.78, 5) is 42.3. The van der Waals surface area contributed by atoms with E-state index in [-0.39, 0.29) is 19.4 Å². The molecule has 0 spiro atoms. The second kappa shape index (κ2) is 27.9. The number of allylic oxidation sites excluding steroid dienone is 10. The Morgan fingerprint density at radius 1 is 0.659 bits per heavy atom. The lowest BCUT2D eigenvalue weighted by Gasteiger charge is -2.18. The fraction of sp³-hybridized carbons (Fsp3) is 0.625. The average molecular weight is 597 g/mol. The Hall–Kier alpha value is -2.25. The standard InChI is InChI=1S/C32H53O8P/c1-3-5-7-9-11-13-15-16-17-19-21-23-25-27-32(34)40-30(29-39-41(35,36)37)28-38-31(33)26-24-22-20-18-14-12-10-8-6-4-2/h5,7,9,11,13,15-17,19,21,30H,3-4,6,8,10,12,14,18,20,22-29H2,1-2H3,(H2,35,36,37)/b7-5+,11-9+,15-13+,17-16+,21-19+. The van der Waals surface area contributed by atoms with Crippen molar-refractivity contribution >= 4 is 19.8 Å². The second-order valence-corrected chi connectivity index (χ2v) is 11.1. The summed E-state index contributed by atoms with van der Waals surface area (Å²) in [5, 5.41) is 0. The molecule has 0 aliphatic heterocycles. The molecule has 0 saturated carbocycles. The Bertz CT molecular complexity index is 854. The number of carbonyl (C=O) groups is 2. The summed E-state index contributed by atoms with van der Waals surface area (Å²) < 4.78 is 26.0. The maximum atomic E-state index is 12.2. The number of ether oxygens (including phenoxy) is 2. The zero-order chi connectivity index (χ0) is 30.4. The highest BCUT2D eigenvalue weighted by Crippen LogP contribution is 2.35. The third kappa shape index (κ3) is 30.5. The molecule has 0 aromatic rings. The van der Waals surface area contributed by atoms with Crippen LogP contribution in [-0.2, 0) is 28.2 Å². The largest absolute Gasteiger partial charge is 0.469 e. The number of unbranched alkanes of at least 4 members (excludes halogenated alkanes) is 10. The summed E-state index contributed by atoms with van der Waals surface area (Å²) in [6.45, 7) is 3.41. The summed E-state index contributed by atoms with van der Waals surface area (Å²) in [5.41, 5.74) is 0. The monoisotopic (exact) mass is 596 g/mol. The van der Waals surface area contributed by atoms with Gasteiger partial charge in [-0.1, -0.05) is 132 Å². The van der Waals surface area contributed by atoms with Gasteiger partial charge in [0, 0.05) is 12.8 Å². The lowest BCUT2D eigenvalue weighted by molar-refractivity contribution is -0.161. The van der Waals surface area contributed by atoms with Crippen LogP contribution in [0.15, 0.2) is 60.8 Å². The van der Waals surface area contributed by atoms with E-state index < -0.39 is 32.5 Å². The normalized spacial score (nSPS) is 13.4. The first-order chi connectivity index (χ1) is 19.8. The van der Waals surface area contributed by atoms with Gasteiger partial charge in [0.15, 0.2) is 6.10 Å². The topological polar surface area (TPSA) is 119 Å². The molecule has 0 heterocycles. The predicted molar refractivity (Wildman–Crippen MR) is 165 cm³/mol. The van der Waals surface area contributed by atoms with E-state index in [4.69, 9.17) is 19.3 Å². The van der Waals surface area contributed by atoms with Gasteiger partial charge in [0.1, 0.15) is 6.61 Å². The van der Waals surface area contributed by atoms with Crippen molar-refractivity contribution in [2.75, 3.05) is 13.2 Å². The molecule has 8 nitrogen and oxygen atoms in total. The minimum Gasteiger partial charge on any atom is -0.462 e. The van der Waals surface area contributed by atoms with Crippen LogP contribution in [-0.4, -0.2) is 41.0 Å². The van der Waals surface area contributed by atoms with Gasteiger partial charge >= 0.3 is 19.8 Å². The molecule has 0 aliphatic rings. The summed E-state index contributed by atoms with van der Waals surface area (Å²) >= 11 is 0. The van der Waals surface area contributed by atoms with Gasteiger partial charge in [0.05, 0.1) is 6.61 Å². The number of carbonyl (C=O) groups excluding carboxylic acids is 2. The fourth-order valence-corrected chi connectivity index (χ4v) is 4.06. The minimum absolute atomic E-state index is 0.114. The molecule has 1 atom stereocenters. The first-order valence-corrected chi connectivity index (χ1v) is 16.7. The van der Waals surface area contributed by atoms with Crippen molar-refractivity contribution in [3.05, 3.63) is 60.8 Å². The zero-order valence-corrected chi connectivity index (χ0v) is 26.1. The highest BCUT2D eigenvalue weighted by atomic mass is 31.2. The Morgan fingerprint density at radius 3 is 1.73 bits per heavy atom. The summed E-state index contributed by atoms with van der Waals surface area (Å²) in [6, 6.07) is 0. The summed E-state index contributed by atoms with van der Waals surface area (Å²) in [6.07, 6.45) is 32.5. The smallest absolute Gasteiger partial charge is 0.462 e. The molecule has 0 rings (SSSR count). The lowest BCUT2D eigenvalue weighted by Crippen LogP contribution is -2.29. The van der Waals surface area contributed by atoms with Gasteiger partial charge in [-0.25, -0.2) is 4.57 Å². The first-order valence-electron chi connectivity index (χ1n) is 15.1. The number of hydrogen-bond acceptors (Lipinski definition) is 6. The molecule has 0 aromatic heterocycles. The molecule has 1 unspecified atom stereocenters. The Labute approximate surface area is 247 Å². The van der Waals surface area contributed by atoms with Crippen LogP contribution in [0.2, 0.25) is 0 Å². The van der Waals surface area contributed by atoms with E-state index in [2.05, 4.69) is 24.4 Å². The van der Waals surface area contributed by atoms with Crippen LogP contribution < -0.4 is 0 Å². The maximum Gasteiger partial charge on any atom is 0.469 e. The summed E-state index contributed by atoms with van der Waals surface area (Å²) in [5.74, 6) is -0.981. The predicted octanol–water partition coefficient (Wildman–Crippen LogP) is 8.22. The Balaban J connectivity index is 4.24. The van der Waals surface area contributed by atoms with Gasteiger partial charge in [-0.05, 0) is 25.7 Å². The molecule has 0 aliphatic carbocycles. The Morgan fingerprint density at radius 2 is 1.17 bits per heavy atom. The molecule has 0 bridgehead atoms. The van der Waals surface area contributed by atoms with E-state index in [0.29, 0.717) is 19.3 Å². The van der Waals surface area contributed by atoms with Crippen LogP contribution in [0.1, 0.15) is 110 Å². The number of phosphoric ester groups is 1. The number of phosphoric acid groups is 1. The molecule has 0 aromatic carbocycles. The fourth-order valence-electron chi connectivity index (χ4n) is 3.69. The van der Waals surface area contributed by atoms with Crippen molar-refractivity contribution in [2.24, 2.45) is 0 Å². The van der Waals surface area contributed by atoms with Crippen molar-refractivity contribution in [3.63, 3.8) is 0 Å². The molecule has 2 N–H and O–H groups in total. The van der Waals surface area contributed by atoms with Gasteiger partial charge in [-0.15, -0.1) is 0 Å². The molecular formula is C32H53O8P. The highest BCUT2D eigenvalue weighted by Gasteiger charge is 2.22. The molecule has 0 radical (unpaired) electrons. The Kier molecular flexibility index (Phi) is 26.4. The average Bonchev–Trinajstić information content (AvgIpc) is 2.93. The van der Waals surface area contributed by atoms with Crippen LogP contribution in [0, 0.1) is 0 Å². The highest BCUT2D eigenvalue weighted by molar-refractivity contribution is 7.46. The van der Waals surface area contributed by atoms with E-state index in [1.54, 1.807) is 0 Å². The van der Waals surface area contributed by atoms with E-state index in [1.807, 2.05) is 54.7 Å². The number of hydrogen-bond donors (Lipinski definition) is 2. The van der Waals surface area contributed by atoms with Gasteiger partial charge in [0.25, 0.3) is 0 Å². The lowest BCUT2D eigenvalue weighted by atomic mass is 10.1. The van der Waals surface area contributed by atoms with Gasteiger partial charge < -0.3 is 19.3 Å². The quantitative estimate of drug-likeness (QED) is 0.0444. The second-order valence-electron chi connectivity index (χ2n) is 9.82. The molecule has 0 saturated heterocycles. The van der Waals surface area contributed by atoms with Gasteiger partial charge in [-0.2, -0.15) is 0 Å². The van der Waals surface area contributed by atoms with Crippen LogP contribution in [0.5, 0.6) is 0 Å². The van der Waals surface area contributed by atoms with E-state index in [9.17, 15) is 14.2 Å². The molecule has 234 valence electrons. The van der Waals surface area contributed by atoms with E-state index >= 15 is 0 Å². The van der Waals surface area contributed by atoms with Crippen LogP contribution in [0.4, 0.5) is 0 Å². The van der Waals surface area contributed by atoms with Gasteiger partial charge in [0.2, 0.25) is 0 Å². The van der Waals surface area contributed by atoms with Crippen molar-refractivity contribution < 1.29 is 37.9 Å². The molecular weight excluding hydrogens is 543 g/mol. The molecule has 0 fully saturated rings. The number of rotatable bonds is 26. The molecule has 41 heavy (non-hydrogen) atoms. The van der Waals surface area contributed by atoms with Crippen molar-refractivity contribution in [2.45, 2.75) is 116 Å². The van der Waals surface area contributed by atoms with E-state index in [1.165, 1.54) is 38.5 Å². The zero-order valence-electron chi connectivity index (χ0n) is 25.2. The van der Waals surface area contributed by atoms with Crippen molar-refractivity contribution in [1.29, 1.82) is 0 Å². The minimum atomic E-state index is -4.76. The van der Waals surface area contributed by atoms with Crippen LogP contribution in [0.25, 0.3) is 0 Å². The van der Waals surface area contributed by atoms with Crippen molar-refractivity contribution in [1.82, 2.24) is 0 Å². The van der Waals surface area contributed by atoms with E-state index in [0.717, 1.165) is 25.7 Å². The number of esters is 2. The van der Waals surface area contributed by atoms with Gasteiger partial charge in [-0.3, -0.25) is 14.1 Å². The third-order valence-electron chi connectivity index (χ3n) is 5.93. The molecule has 9 heteroatoms.